The summed E-state index contributed by atoms with van der Waals surface area (Å²) >= 11 is 15.1. The molecule has 0 saturated carbocycles. The van der Waals surface area contributed by atoms with Gasteiger partial charge in [-0.1, -0.05) is 35.9 Å². The second-order valence-corrected chi connectivity index (χ2v) is 7.39. The van der Waals surface area contributed by atoms with Crippen molar-refractivity contribution in [3.63, 3.8) is 0 Å². The summed E-state index contributed by atoms with van der Waals surface area (Å²) in [5.74, 6) is 0. The molecule has 0 saturated heterocycles. The molecule has 20 heavy (non-hydrogen) atoms. The zero-order valence-corrected chi connectivity index (χ0v) is 15.0. The molecule has 1 aromatic heterocycles. The lowest BCUT2D eigenvalue weighted by Crippen LogP contribution is -2.12. The molecule has 2 aromatic carbocycles. The molecule has 0 aliphatic carbocycles. The highest BCUT2D eigenvalue weighted by atomic mass is 79.9. The number of thiophene rings is 1. The van der Waals surface area contributed by atoms with Gasteiger partial charge in [0.25, 0.3) is 0 Å². The third-order valence-electron chi connectivity index (χ3n) is 3.23. The summed E-state index contributed by atoms with van der Waals surface area (Å²) < 4.78 is 3.18. The van der Waals surface area contributed by atoms with E-state index in [0.29, 0.717) is 5.02 Å². The molecule has 3 rings (SSSR count). The Bertz CT molecular complexity index is 785. The minimum atomic E-state index is -0.233. The standard InChI is InChI=1S/C15H10Br2ClNS/c16-11-5-2-4-9(13(11)18)14(19)10-7-20-15-8(10)3-1-6-12(15)17/h1-7,14H,19H2. The zero-order valence-electron chi connectivity index (χ0n) is 10.2. The van der Waals surface area contributed by atoms with Crippen LogP contribution in [0, 0.1) is 0 Å². The second-order valence-electron chi connectivity index (χ2n) is 4.43. The summed E-state index contributed by atoms with van der Waals surface area (Å²) in [6.07, 6.45) is 0. The highest BCUT2D eigenvalue weighted by Crippen LogP contribution is 2.39. The van der Waals surface area contributed by atoms with E-state index >= 15 is 0 Å². The maximum absolute atomic E-state index is 6.43. The fourth-order valence-corrected chi connectivity index (χ4v) is 4.49. The van der Waals surface area contributed by atoms with E-state index in [-0.39, 0.29) is 6.04 Å². The predicted octanol–water partition coefficient (Wildman–Crippen LogP) is 6.13. The lowest BCUT2D eigenvalue weighted by atomic mass is 9.99. The zero-order chi connectivity index (χ0) is 14.3. The van der Waals surface area contributed by atoms with E-state index in [1.165, 1.54) is 10.1 Å². The summed E-state index contributed by atoms with van der Waals surface area (Å²) in [5.41, 5.74) is 8.47. The van der Waals surface area contributed by atoms with Gasteiger partial charge in [0.05, 0.1) is 11.1 Å². The maximum Gasteiger partial charge on any atom is 0.0599 e. The Morgan fingerprint density at radius 1 is 1.00 bits per heavy atom. The summed E-state index contributed by atoms with van der Waals surface area (Å²) in [4.78, 5) is 0. The van der Waals surface area contributed by atoms with Crippen LogP contribution in [-0.2, 0) is 0 Å². The van der Waals surface area contributed by atoms with E-state index in [1.807, 2.05) is 30.3 Å². The molecule has 0 aliphatic heterocycles. The van der Waals surface area contributed by atoms with Gasteiger partial charge in [0.2, 0.25) is 0 Å². The quantitative estimate of drug-likeness (QED) is 0.519. The molecule has 0 bridgehead atoms. The van der Waals surface area contributed by atoms with Crippen molar-refractivity contribution >= 4 is 64.9 Å². The molecular formula is C15H10Br2ClNS. The van der Waals surface area contributed by atoms with Gasteiger partial charge in [0.15, 0.2) is 0 Å². The van der Waals surface area contributed by atoms with Crippen LogP contribution in [0.2, 0.25) is 5.02 Å². The maximum atomic E-state index is 6.43. The van der Waals surface area contributed by atoms with E-state index in [4.69, 9.17) is 17.3 Å². The number of rotatable bonds is 2. The average Bonchev–Trinajstić information content (AvgIpc) is 2.86. The molecular weight excluding hydrogens is 422 g/mol. The Hall–Kier alpha value is -0.390. The van der Waals surface area contributed by atoms with Gasteiger partial charge in [0.1, 0.15) is 0 Å². The van der Waals surface area contributed by atoms with Crippen molar-refractivity contribution < 1.29 is 0 Å². The number of hydrogen-bond donors (Lipinski definition) is 1. The van der Waals surface area contributed by atoms with E-state index in [2.05, 4.69) is 43.3 Å². The lowest BCUT2D eigenvalue weighted by molar-refractivity contribution is 0.884. The Kier molecular flexibility index (Phi) is 4.20. The van der Waals surface area contributed by atoms with Crippen LogP contribution in [0.25, 0.3) is 10.1 Å². The molecule has 0 amide bonds. The first-order valence-electron chi connectivity index (χ1n) is 5.94. The molecule has 3 aromatic rings. The number of nitrogens with two attached hydrogens (primary N) is 1. The van der Waals surface area contributed by atoms with Crippen molar-refractivity contribution in [2.45, 2.75) is 6.04 Å². The van der Waals surface area contributed by atoms with E-state index in [0.717, 1.165) is 20.1 Å². The first-order valence-corrected chi connectivity index (χ1v) is 8.79. The van der Waals surface area contributed by atoms with Crippen LogP contribution >= 0.6 is 54.8 Å². The van der Waals surface area contributed by atoms with Gasteiger partial charge in [-0.2, -0.15) is 0 Å². The van der Waals surface area contributed by atoms with Gasteiger partial charge in [-0.05, 0) is 65.9 Å². The van der Waals surface area contributed by atoms with E-state index < -0.39 is 0 Å². The number of fused-ring (bicyclic) bond motifs is 1. The molecule has 0 radical (unpaired) electrons. The molecule has 1 nitrogen and oxygen atoms in total. The van der Waals surface area contributed by atoms with Crippen molar-refractivity contribution in [1.29, 1.82) is 0 Å². The summed E-state index contributed by atoms with van der Waals surface area (Å²) in [5, 5.41) is 3.96. The number of hydrogen-bond acceptors (Lipinski definition) is 2. The second kappa shape index (κ2) is 5.78. The molecule has 1 unspecified atom stereocenters. The van der Waals surface area contributed by atoms with Crippen LogP contribution in [0.1, 0.15) is 17.2 Å². The van der Waals surface area contributed by atoms with Crippen molar-refractivity contribution in [3.05, 3.63) is 66.9 Å². The molecule has 2 N–H and O–H groups in total. The van der Waals surface area contributed by atoms with Crippen molar-refractivity contribution in [2.75, 3.05) is 0 Å². The van der Waals surface area contributed by atoms with Crippen LogP contribution in [0.4, 0.5) is 0 Å². The fraction of sp³-hybridized carbons (Fsp3) is 0.0667. The van der Waals surface area contributed by atoms with Gasteiger partial charge < -0.3 is 5.73 Å². The topological polar surface area (TPSA) is 26.0 Å². The van der Waals surface area contributed by atoms with Gasteiger partial charge in [-0.25, -0.2) is 0 Å². The van der Waals surface area contributed by atoms with Crippen LogP contribution in [0.15, 0.2) is 50.7 Å². The summed E-state index contributed by atoms with van der Waals surface area (Å²) in [7, 11) is 0. The molecule has 1 heterocycles. The molecule has 0 spiro atoms. The van der Waals surface area contributed by atoms with Crippen LogP contribution in [-0.4, -0.2) is 0 Å². The first kappa shape index (κ1) is 14.5. The molecule has 0 fully saturated rings. The normalized spacial score (nSPS) is 12.8. The van der Waals surface area contributed by atoms with Gasteiger partial charge >= 0.3 is 0 Å². The van der Waals surface area contributed by atoms with Crippen molar-refractivity contribution in [3.8, 4) is 0 Å². The van der Waals surface area contributed by atoms with Crippen molar-refractivity contribution in [1.82, 2.24) is 0 Å². The Morgan fingerprint density at radius 2 is 1.70 bits per heavy atom. The Morgan fingerprint density at radius 3 is 2.50 bits per heavy atom. The Labute approximate surface area is 143 Å². The summed E-state index contributed by atoms with van der Waals surface area (Å²) in [6, 6.07) is 11.8. The van der Waals surface area contributed by atoms with E-state index in [1.54, 1.807) is 11.3 Å². The summed E-state index contributed by atoms with van der Waals surface area (Å²) in [6.45, 7) is 0. The van der Waals surface area contributed by atoms with Gasteiger partial charge in [-0.15, -0.1) is 11.3 Å². The molecule has 5 heteroatoms. The highest BCUT2D eigenvalue weighted by molar-refractivity contribution is 9.11. The first-order chi connectivity index (χ1) is 9.59. The largest absolute Gasteiger partial charge is 0.320 e. The SMILES string of the molecule is NC(c1cccc(Br)c1Cl)c1csc2c(Br)cccc12. The molecule has 102 valence electrons. The lowest BCUT2D eigenvalue weighted by Gasteiger charge is -2.14. The monoisotopic (exact) mass is 429 g/mol. The smallest absolute Gasteiger partial charge is 0.0599 e. The van der Waals surface area contributed by atoms with Crippen LogP contribution < -0.4 is 5.73 Å². The van der Waals surface area contributed by atoms with Crippen LogP contribution in [0.3, 0.4) is 0 Å². The molecule has 0 aliphatic rings. The van der Waals surface area contributed by atoms with E-state index in [9.17, 15) is 0 Å². The number of halogens is 3. The number of benzene rings is 2. The highest BCUT2D eigenvalue weighted by Gasteiger charge is 2.18. The van der Waals surface area contributed by atoms with Gasteiger partial charge in [-0.3, -0.25) is 0 Å². The van der Waals surface area contributed by atoms with Crippen LogP contribution in [0.5, 0.6) is 0 Å². The minimum Gasteiger partial charge on any atom is -0.320 e. The van der Waals surface area contributed by atoms with Gasteiger partial charge in [0, 0.05) is 13.6 Å². The third kappa shape index (κ3) is 2.44. The third-order valence-corrected chi connectivity index (χ3v) is 6.51. The predicted molar refractivity (Wildman–Crippen MR) is 94.7 cm³/mol. The Balaban J connectivity index is 2.16. The fourth-order valence-electron chi connectivity index (χ4n) is 2.21. The average molecular weight is 432 g/mol. The minimum absolute atomic E-state index is 0.233. The molecule has 1 atom stereocenters. The van der Waals surface area contributed by atoms with Crippen molar-refractivity contribution in [2.24, 2.45) is 5.73 Å².